The van der Waals surface area contributed by atoms with Crippen molar-refractivity contribution >= 4 is 21.4 Å². The number of sulfonamides is 1. The lowest BCUT2D eigenvalue weighted by Crippen LogP contribution is -2.30. The van der Waals surface area contributed by atoms with Crippen LogP contribution in [0.15, 0.2) is 53.0 Å². The highest BCUT2D eigenvalue weighted by molar-refractivity contribution is 7.91. The summed E-state index contributed by atoms with van der Waals surface area (Å²) in [6.45, 7) is 1.85. The fourth-order valence-corrected chi connectivity index (χ4v) is 4.83. The van der Waals surface area contributed by atoms with Gasteiger partial charge >= 0.3 is 0 Å². The van der Waals surface area contributed by atoms with E-state index in [4.69, 9.17) is 0 Å². The minimum atomic E-state index is -3.72. The number of nitrogens with zero attached hydrogens (tertiary/aromatic N) is 2. The average molecular weight is 365 g/mol. The van der Waals surface area contributed by atoms with Crippen LogP contribution in [0.4, 0.5) is 4.39 Å². The van der Waals surface area contributed by atoms with Crippen LogP contribution in [0, 0.1) is 12.7 Å². The topological polar surface area (TPSA) is 64.0 Å². The molecule has 0 spiro atoms. The molecule has 0 aliphatic carbocycles. The summed E-state index contributed by atoms with van der Waals surface area (Å²) < 4.78 is 43.2. The molecule has 2 aromatic heterocycles. The summed E-state index contributed by atoms with van der Waals surface area (Å²) in [5.41, 5.74) is 0.613. The van der Waals surface area contributed by atoms with E-state index in [1.54, 1.807) is 48.3 Å². The second-order valence-electron chi connectivity index (χ2n) is 5.37. The Morgan fingerprint density at radius 3 is 2.46 bits per heavy atom. The highest BCUT2D eigenvalue weighted by atomic mass is 32.2. The number of hydrogen-bond acceptors (Lipinski definition) is 4. The van der Waals surface area contributed by atoms with Crippen LogP contribution >= 0.6 is 11.3 Å². The number of aromatic nitrogens is 2. The molecule has 0 amide bonds. The maximum Gasteiger partial charge on any atom is 0.251 e. The van der Waals surface area contributed by atoms with Crippen molar-refractivity contribution in [3.63, 3.8) is 0 Å². The first-order chi connectivity index (χ1) is 11.4. The van der Waals surface area contributed by atoms with Crippen LogP contribution < -0.4 is 4.72 Å². The third-order valence-electron chi connectivity index (χ3n) is 3.57. The minimum Gasteiger partial charge on any atom is -0.336 e. The number of halogens is 1. The molecule has 1 atom stereocenters. The SMILES string of the molecule is Cc1ccc(S(=O)(=O)N[C@H](c2ccc(F)cc2)c2nccn2C)s1. The standard InChI is InChI=1S/C16H16FN3O2S2/c1-11-3-8-14(23-11)24(21,22)19-15(16-18-9-10-20(16)2)12-4-6-13(17)7-5-12/h3-10,15,19H,1-2H3/t15-/m1/s1. The van der Waals surface area contributed by atoms with Gasteiger partial charge in [0.15, 0.2) is 0 Å². The number of benzene rings is 1. The van der Waals surface area contributed by atoms with Crippen LogP contribution in [0.3, 0.4) is 0 Å². The van der Waals surface area contributed by atoms with E-state index in [2.05, 4.69) is 9.71 Å². The Balaban J connectivity index is 2.02. The van der Waals surface area contributed by atoms with Gasteiger partial charge in [0.05, 0.1) is 0 Å². The number of nitrogens with one attached hydrogen (secondary N) is 1. The summed E-state index contributed by atoms with van der Waals surface area (Å²) in [4.78, 5) is 5.15. The Labute approximate surface area is 143 Å². The van der Waals surface area contributed by atoms with Gasteiger partial charge in [-0.05, 0) is 36.8 Å². The summed E-state index contributed by atoms with van der Waals surface area (Å²) in [6.07, 6.45) is 3.32. The van der Waals surface area contributed by atoms with E-state index < -0.39 is 16.1 Å². The Hall–Kier alpha value is -2.03. The van der Waals surface area contributed by atoms with E-state index in [-0.39, 0.29) is 10.0 Å². The van der Waals surface area contributed by atoms with Crippen molar-refractivity contribution in [2.75, 3.05) is 0 Å². The number of rotatable bonds is 5. The third kappa shape index (κ3) is 3.40. The van der Waals surface area contributed by atoms with Crippen molar-refractivity contribution in [1.82, 2.24) is 14.3 Å². The van der Waals surface area contributed by atoms with Gasteiger partial charge in [-0.25, -0.2) is 17.8 Å². The van der Waals surface area contributed by atoms with E-state index in [0.717, 1.165) is 4.88 Å². The highest BCUT2D eigenvalue weighted by Gasteiger charge is 2.26. The Kier molecular flexibility index (Phi) is 4.53. The number of thiophene rings is 1. The molecule has 1 aromatic carbocycles. The van der Waals surface area contributed by atoms with Crippen molar-refractivity contribution in [2.45, 2.75) is 17.2 Å². The fraction of sp³-hybridized carbons (Fsp3) is 0.188. The van der Waals surface area contributed by atoms with Gasteiger partial charge in [-0.2, -0.15) is 4.72 Å². The average Bonchev–Trinajstić information content (AvgIpc) is 3.15. The van der Waals surface area contributed by atoms with Gasteiger partial charge < -0.3 is 4.57 Å². The van der Waals surface area contributed by atoms with Crippen LogP contribution in [-0.4, -0.2) is 18.0 Å². The van der Waals surface area contributed by atoms with E-state index in [1.807, 2.05) is 6.92 Å². The van der Waals surface area contributed by atoms with Crippen LogP contribution in [-0.2, 0) is 17.1 Å². The third-order valence-corrected chi connectivity index (χ3v) is 6.49. The second-order valence-corrected chi connectivity index (χ2v) is 8.60. The normalized spacial score (nSPS) is 13.1. The molecule has 24 heavy (non-hydrogen) atoms. The first-order valence-corrected chi connectivity index (χ1v) is 9.48. The first kappa shape index (κ1) is 16.8. The molecule has 8 heteroatoms. The molecule has 2 heterocycles. The van der Waals surface area contributed by atoms with Gasteiger partial charge in [-0.1, -0.05) is 12.1 Å². The van der Waals surface area contributed by atoms with Gasteiger partial charge in [0.2, 0.25) is 0 Å². The molecule has 0 bridgehead atoms. The largest absolute Gasteiger partial charge is 0.336 e. The van der Waals surface area contributed by atoms with Gasteiger partial charge in [0.25, 0.3) is 10.0 Å². The molecule has 5 nitrogen and oxygen atoms in total. The summed E-state index contributed by atoms with van der Waals surface area (Å²) in [6, 6.07) is 8.32. The van der Waals surface area contributed by atoms with Crippen molar-refractivity contribution < 1.29 is 12.8 Å². The molecular formula is C16H16FN3O2S2. The van der Waals surface area contributed by atoms with E-state index >= 15 is 0 Å². The molecule has 0 fully saturated rings. The zero-order valence-electron chi connectivity index (χ0n) is 13.1. The lowest BCUT2D eigenvalue weighted by atomic mass is 10.1. The predicted molar refractivity (Wildman–Crippen MR) is 90.8 cm³/mol. The molecule has 0 saturated carbocycles. The maximum atomic E-state index is 13.2. The summed E-state index contributed by atoms with van der Waals surface area (Å²) in [5.74, 6) is 0.146. The molecule has 1 N–H and O–H groups in total. The number of hydrogen-bond donors (Lipinski definition) is 1. The Bertz CT molecular complexity index is 946. The zero-order valence-corrected chi connectivity index (χ0v) is 14.7. The molecular weight excluding hydrogens is 349 g/mol. The fourth-order valence-electron chi connectivity index (χ4n) is 2.35. The van der Waals surface area contributed by atoms with Crippen LogP contribution in [0.25, 0.3) is 0 Å². The molecule has 0 unspecified atom stereocenters. The van der Waals surface area contributed by atoms with Gasteiger partial charge in [-0.15, -0.1) is 11.3 Å². The molecule has 3 aromatic rings. The first-order valence-electron chi connectivity index (χ1n) is 7.18. The van der Waals surface area contributed by atoms with Crippen LogP contribution in [0.1, 0.15) is 22.3 Å². The molecule has 0 aliphatic rings. The minimum absolute atomic E-state index is 0.237. The van der Waals surface area contributed by atoms with Gasteiger partial charge in [0, 0.05) is 24.3 Å². The second kappa shape index (κ2) is 6.46. The monoisotopic (exact) mass is 365 g/mol. The highest BCUT2D eigenvalue weighted by Crippen LogP contribution is 2.26. The molecule has 3 rings (SSSR count). The van der Waals surface area contributed by atoms with Crippen molar-refractivity contribution in [3.05, 3.63) is 70.9 Å². The lowest BCUT2D eigenvalue weighted by molar-refractivity contribution is 0.564. The van der Waals surface area contributed by atoms with E-state index in [0.29, 0.717) is 11.4 Å². The van der Waals surface area contributed by atoms with Crippen molar-refractivity contribution in [3.8, 4) is 0 Å². The van der Waals surface area contributed by atoms with Gasteiger partial charge in [0.1, 0.15) is 21.9 Å². The van der Waals surface area contributed by atoms with E-state index in [9.17, 15) is 12.8 Å². The number of imidazole rings is 1. The number of aryl methyl sites for hydroxylation is 2. The molecule has 0 radical (unpaired) electrons. The maximum absolute atomic E-state index is 13.2. The zero-order chi connectivity index (χ0) is 17.3. The Morgan fingerprint density at radius 2 is 1.92 bits per heavy atom. The van der Waals surface area contributed by atoms with Crippen LogP contribution in [0.2, 0.25) is 0 Å². The quantitative estimate of drug-likeness (QED) is 0.756. The smallest absolute Gasteiger partial charge is 0.251 e. The summed E-state index contributed by atoms with van der Waals surface area (Å²) in [7, 11) is -1.94. The summed E-state index contributed by atoms with van der Waals surface area (Å²) >= 11 is 1.20. The summed E-state index contributed by atoms with van der Waals surface area (Å²) in [5, 5.41) is 0. The lowest BCUT2D eigenvalue weighted by Gasteiger charge is -2.18. The van der Waals surface area contributed by atoms with E-state index in [1.165, 1.54) is 23.5 Å². The van der Waals surface area contributed by atoms with Crippen molar-refractivity contribution in [2.24, 2.45) is 7.05 Å². The predicted octanol–water partition coefficient (Wildman–Crippen LogP) is 3.00. The Morgan fingerprint density at radius 1 is 1.21 bits per heavy atom. The molecule has 126 valence electrons. The van der Waals surface area contributed by atoms with Gasteiger partial charge in [-0.3, -0.25) is 0 Å². The van der Waals surface area contributed by atoms with Crippen molar-refractivity contribution in [1.29, 1.82) is 0 Å². The molecule has 0 saturated heterocycles. The molecule has 0 aliphatic heterocycles. The van der Waals surface area contributed by atoms with Crippen LogP contribution in [0.5, 0.6) is 0 Å².